The van der Waals surface area contributed by atoms with E-state index in [2.05, 4.69) is 25.3 Å². The van der Waals surface area contributed by atoms with Gasteiger partial charge in [0.15, 0.2) is 0 Å². The van der Waals surface area contributed by atoms with Crippen LogP contribution in [0.2, 0.25) is 0 Å². The largest absolute Gasteiger partial charge is 0.416 e. The van der Waals surface area contributed by atoms with Crippen molar-refractivity contribution in [3.05, 3.63) is 78.1 Å². The Kier molecular flexibility index (Phi) is 5.92. The molecular formula is C22H18F3N5O3S. The van der Waals surface area contributed by atoms with Gasteiger partial charge in [0, 0.05) is 11.4 Å². The standard InChI is InChI=1S/C22H18F3N5O3S/c1-13-5-6-16(29-21(31)28-15-4-2-3-14(9-15)22(23,24)25)11-20(13)34(32,33)30-17-7-8-18-19(10-17)27-12-26-18/h2-12,30H,1H3,(H,26,27)(H2,28,29,31). The first-order valence-electron chi connectivity index (χ1n) is 9.83. The fraction of sp³-hybridized carbons (Fsp3) is 0.0909. The molecule has 0 atom stereocenters. The van der Waals surface area contributed by atoms with E-state index in [1.807, 2.05) is 0 Å². The van der Waals surface area contributed by atoms with Gasteiger partial charge >= 0.3 is 12.2 Å². The highest BCUT2D eigenvalue weighted by molar-refractivity contribution is 7.92. The third kappa shape index (κ3) is 5.12. The van der Waals surface area contributed by atoms with Crippen molar-refractivity contribution in [3.63, 3.8) is 0 Å². The van der Waals surface area contributed by atoms with Gasteiger partial charge in [-0.2, -0.15) is 13.2 Å². The maximum atomic E-state index is 13.0. The quantitative estimate of drug-likeness (QED) is 0.303. The van der Waals surface area contributed by atoms with Gasteiger partial charge in [0.25, 0.3) is 10.0 Å². The molecule has 176 valence electrons. The zero-order valence-electron chi connectivity index (χ0n) is 17.6. The Labute approximate surface area is 192 Å². The Morgan fingerprint density at radius 2 is 1.65 bits per heavy atom. The number of hydrogen-bond donors (Lipinski definition) is 4. The second-order valence-electron chi connectivity index (χ2n) is 7.38. The lowest BCUT2D eigenvalue weighted by Crippen LogP contribution is -2.20. The average molecular weight is 489 g/mol. The number of imidazole rings is 1. The molecule has 12 heteroatoms. The van der Waals surface area contributed by atoms with Gasteiger partial charge in [0.05, 0.1) is 33.5 Å². The SMILES string of the molecule is Cc1ccc(NC(=O)Nc2cccc(C(F)(F)F)c2)cc1S(=O)(=O)Nc1ccc2nc[nH]c2c1. The summed E-state index contributed by atoms with van der Waals surface area (Å²) < 4.78 is 67.1. The minimum absolute atomic E-state index is 0.0665. The van der Waals surface area contributed by atoms with Gasteiger partial charge in [-0.15, -0.1) is 0 Å². The molecule has 0 aliphatic heterocycles. The molecule has 0 saturated carbocycles. The van der Waals surface area contributed by atoms with Gasteiger partial charge in [-0.3, -0.25) is 4.72 Å². The number of alkyl halides is 3. The van der Waals surface area contributed by atoms with E-state index < -0.39 is 27.8 Å². The van der Waals surface area contributed by atoms with Crippen molar-refractivity contribution in [2.45, 2.75) is 18.0 Å². The number of benzene rings is 3. The fourth-order valence-electron chi connectivity index (χ4n) is 3.24. The lowest BCUT2D eigenvalue weighted by atomic mass is 10.2. The summed E-state index contributed by atoms with van der Waals surface area (Å²) in [4.78, 5) is 19.2. The number of carbonyl (C=O) groups excluding carboxylic acids is 1. The number of hydrogen-bond acceptors (Lipinski definition) is 4. The van der Waals surface area contributed by atoms with Crippen LogP contribution in [0.15, 0.2) is 71.9 Å². The summed E-state index contributed by atoms with van der Waals surface area (Å²) in [6, 6.07) is 12.4. The third-order valence-electron chi connectivity index (χ3n) is 4.86. The minimum Gasteiger partial charge on any atom is -0.345 e. The predicted molar refractivity (Wildman–Crippen MR) is 122 cm³/mol. The monoisotopic (exact) mass is 489 g/mol. The number of nitrogens with zero attached hydrogens (tertiary/aromatic N) is 1. The van der Waals surface area contributed by atoms with Gasteiger partial charge < -0.3 is 15.6 Å². The minimum atomic E-state index is -4.55. The first kappa shape index (κ1) is 23.1. The number of sulfonamides is 1. The lowest BCUT2D eigenvalue weighted by molar-refractivity contribution is -0.137. The summed E-state index contributed by atoms with van der Waals surface area (Å²) >= 11 is 0. The Hall–Kier alpha value is -4.06. The Bertz CT molecular complexity index is 1480. The van der Waals surface area contributed by atoms with Gasteiger partial charge in [-0.25, -0.2) is 18.2 Å². The number of aromatic amines is 1. The van der Waals surface area contributed by atoms with E-state index in [-0.39, 0.29) is 16.3 Å². The first-order chi connectivity index (χ1) is 16.0. The highest BCUT2D eigenvalue weighted by Gasteiger charge is 2.30. The molecule has 4 rings (SSSR count). The number of anilines is 3. The highest BCUT2D eigenvalue weighted by atomic mass is 32.2. The second kappa shape index (κ2) is 8.71. The molecule has 8 nitrogen and oxygen atoms in total. The molecule has 4 aromatic rings. The number of rotatable bonds is 5. The van der Waals surface area contributed by atoms with Crippen LogP contribution in [0.1, 0.15) is 11.1 Å². The molecule has 1 aromatic heterocycles. The maximum absolute atomic E-state index is 13.0. The zero-order valence-corrected chi connectivity index (χ0v) is 18.4. The van der Waals surface area contributed by atoms with E-state index in [1.54, 1.807) is 25.1 Å². The molecule has 34 heavy (non-hydrogen) atoms. The molecule has 0 bridgehead atoms. The molecule has 0 radical (unpaired) electrons. The van der Waals surface area contributed by atoms with Gasteiger partial charge in [0.2, 0.25) is 0 Å². The smallest absolute Gasteiger partial charge is 0.345 e. The van der Waals surface area contributed by atoms with Crippen LogP contribution < -0.4 is 15.4 Å². The van der Waals surface area contributed by atoms with Crippen molar-refractivity contribution in [2.24, 2.45) is 0 Å². The number of urea groups is 1. The molecular weight excluding hydrogens is 471 g/mol. The number of carbonyl (C=O) groups is 1. The number of H-pyrrole nitrogens is 1. The lowest BCUT2D eigenvalue weighted by Gasteiger charge is -2.14. The average Bonchev–Trinajstić information content (AvgIpc) is 3.22. The van der Waals surface area contributed by atoms with E-state index in [1.165, 1.54) is 36.7 Å². The molecule has 0 aliphatic rings. The zero-order chi connectivity index (χ0) is 24.5. The molecule has 0 unspecified atom stereocenters. The van der Waals surface area contributed by atoms with Crippen LogP contribution in [0.4, 0.5) is 35.0 Å². The summed E-state index contributed by atoms with van der Waals surface area (Å²) in [7, 11) is -4.02. The van der Waals surface area contributed by atoms with Gasteiger partial charge in [-0.05, 0) is 61.0 Å². The van der Waals surface area contributed by atoms with Crippen molar-refractivity contribution in [3.8, 4) is 0 Å². The van der Waals surface area contributed by atoms with E-state index >= 15 is 0 Å². The third-order valence-corrected chi connectivity index (χ3v) is 6.38. The van der Waals surface area contributed by atoms with Crippen LogP contribution in [0, 0.1) is 6.92 Å². The van der Waals surface area contributed by atoms with E-state index in [9.17, 15) is 26.4 Å². The van der Waals surface area contributed by atoms with E-state index in [4.69, 9.17) is 0 Å². The van der Waals surface area contributed by atoms with Crippen molar-refractivity contribution < 1.29 is 26.4 Å². The number of aromatic nitrogens is 2. The van der Waals surface area contributed by atoms with Crippen molar-refractivity contribution in [1.29, 1.82) is 0 Å². The van der Waals surface area contributed by atoms with Crippen LogP contribution in [0.5, 0.6) is 0 Å². The number of nitrogens with one attached hydrogen (secondary N) is 4. The van der Waals surface area contributed by atoms with Crippen molar-refractivity contribution in [1.82, 2.24) is 9.97 Å². The molecule has 1 heterocycles. The topological polar surface area (TPSA) is 116 Å². The van der Waals surface area contributed by atoms with Crippen molar-refractivity contribution >= 4 is 44.1 Å². The van der Waals surface area contributed by atoms with Crippen LogP contribution in [-0.2, 0) is 16.2 Å². The maximum Gasteiger partial charge on any atom is 0.416 e. The highest BCUT2D eigenvalue weighted by Crippen LogP contribution is 2.31. The molecule has 0 saturated heterocycles. The van der Waals surface area contributed by atoms with Gasteiger partial charge in [-0.1, -0.05) is 12.1 Å². The Morgan fingerprint density at radius 1 is 0.941 bits per heavy atom. The summed E-state index contributed by atoms with van der Waals surface area (Å²) in [5.74, 6) is 0. The van der Waals surface area contributed by atoms with E-state index in [0.717, 1.165) is 12.1 Å². The van der Waals surface area contributed by atoms with Crippen LogP contribution in [0.25, 0.3) is 11.0 Å². The first-order valence-corrected chi connectivity index (χ1v) is 11.3. The normalized spacial score (nSPS) is 11.9. The number of halogens is 3. The van der Waals surface area contributed by atoms with E-state index in [0.29, 0.717) is 22.3 Å². The molecule has 4 N–H and O–H groups in total. The summed E-state index contributed by atoms with van der Waals surface area (Å²) in [5, 5.41) is 4.74. The van der Waals surface area contributed by atoms with Gasteiger partial charge in [0.1, 0.15) is 0 Å². The van der Waals surface area contributed by atoms with Crippen LogP contribution in [-0.4, -0.2) is 24.4 Å². The Balaban J connectivity index is 1.51. The second-order valence-corrected chi connectivity index (χ2v) is 9.03. The number of fused-ring (bicyclic) bond motifs is 1. The number of aryl methyl sites for hydroxylation is 1. The predicted octanol–water partition coefficient (Wildman–Crippen LogP) is 5.33. The molecule has 2 amide bonds. The summed E-state index contributed by atoms with van der Waals surface area (Å²) in [6.07, 6.45) is -3.06. The Morgan fingerprint density at radius 3 is 2.38 bits per heavy atom. The summed E-state index contributed by atoms with van der Waals surface area (Å²) in [5.41, 5.74) is 1.24. The molecule has 0 fully saturated rings. The molecule has 3 aromatic carbocycles. The van der Waals surface area contributed by atoms with Crippen molar-refractivity contribution in [2.75, 3.05) is 15.4 Å². The summed E-state index contributed by atoms with van der Waals surface area (Å²) in [6.45, 7) is 1.60. The molecule has 0 spiro atoms. The fourth-order valence-corrected chi connectivity index (χ4v) is 4.56. The number of amides is 2. The van der Waals surface area contributed by atoms with Crippen LogP contribution >= 0.6 is 0 Å². The van der Waals surface area contributed by atoms with Crippen LogP contribution in [0.3, 0.4) is 0 Å². The molecule has 0 aliphatic carbocycles.